The molecule has 0 heterocycles. The molecule has 4 nitrogen and oxygen atoms in total. The van der Waals surface area contributed by atoms with E-state index in [1.54, 1.807) is 0 Å². The summed E-state index contributed by atoms with van der Waals surface area (Å²) in [5, 5.41) is -0.561. The number of nitrogens with two attached hydrogens (primary N) is 1. The van der Waals surface area contributed by atoms with Crippen LogP contribution in [0.1, 0.15) is 19.4 Å². The molecule has 21 heavy (non-hydrogen) atoms. The molecule has 0 amide bonds. The summed E-state index contributed by atoms with van der Waals surface area (Å²) in [5.74, 6) is 0. The monoisotopic (exact) mass is 366 g/mol. The number of hydrogen-bond acceptors (Lipinski definition) is 3. The Bertz CT molecular complexity index is 604. The molecule has 0 saturated heterocycles. The Morgan fingerprint density at radius 1 is 1.29 bits per heavy atom. The van der Waals surface area contributed by atoms with Crippen molar-refractivity contribution in [2.45, 2.75) is 30.5 Å². The lowest BCUT2D eigenvalue weighted by Crippen LogP contribution is -2.48. The van der Waals surface area contributed by atoms with Crippen molar-refractivity contribution in [2.24, 2.45) is 5.73 Å². The number of hydrogen-bond donors (Lipinski definition) is 2. The van der Waals surface area contributed by atoms with Gasteiger partial charge in [0.05, 0.1) is 15.5 Å². The van der Waals surface area contributed by atoms with E-state index in [1.807, 2.05) is 0 Å². The van der Waals surface area contributed by atoms with E-state index in [9.17, 15) is 21.6 Å². The van der Waals surface area contributed by atoms with E-state index in [4.69, 9.17) is 17.3 Å². The normalized spacial score (nSPS) is 12.9. The van der Waals surface area contributed by atoms with Crippen molar-refractivity contribution in [3.63, 3.8) is 0 Å². The van der Waals surface area contributed by atoms with E-state index in [0.717, 1.165) is 12.1 Å². The first-order valence-corrected chi connectivity index (χ1v) is 7.36. The lowest BCUT2D eigenvalue weighted by Gasteiger charge is -2.24. The minimum absolute atomic E-state index is 0. The third kappa shape index (κ3) is 5.30. The first-order valence-electron chi connectivity index (χ1n) is 5.50. The van der Waals surface area contributed by atoms with Crippen LogP contribution in [0.5, 0.6) is 0 Å². The number of halogens is 5. The molecule has 10 heteroatoms. The van der Waals surface area contributed by atoms with Crippen molar-refractivity contribution in [1.82, 2.24) is 4.72 Å². The number of nitrogens with one attached hydrogen (secondary N) is 1. The molecule has 0 radical (unpaired) electrons. The molecule has 0 unspecified atom stereocenters. The lowest BCUT2D eigenvalue weighted by atomic mass is 10.1. The maximum Gasteiger partial charge on any atom is 0.417 e. The number of benzene rings is 1. The Morgan fingerprint density at radius 3 is 2.24 bits per heavy atom. The van der Waals surface area contributed by atoms with E-state index in [-0.39, 0.29) is 19.0 Å². The first-order chi connectivity index (χ1) is 8.89. The summed E-state index contributed by atoms with van der Waals surface area (Å²) in [7, 11) is -4.12. The highest BCUT2D eigenvalue weighted by Crippen LogP contribution is 2.35. The molecule has 0 aliphatic rings. The molecule has 0 bridgehead atoms. The fourth-order valence-corrected chi connectivity index (χ4v) is 3.03. The van der Waals surface area contributed by atoms with Crippen LogP contribution in [-0.4, -0.2) is 20.5 Å². The Kier molecular flexibility index (Phi) is 6.53. The predicted octanol–water partition coefficient (Wildman–Crippen LogP) is 2.80. The molecule has 0 saturated carbocycles. The Morgan fingerprint density at radius 2 is 1.81 bits per heavy atom. The Balaban J connectivity index is 0.00000400. The molecule has 1 rings (SSSR count). The Labute approximate surface area is 132 Å². The molecule has 0 spiro atoms. The molecule has 1 aromatic rings. The van der Waals surface area contributed by atoms with Crippen molar-refractivity contribution in [3.05, 3.63) is 28.8 Å². The van der Waals surface area contributed by atoms with E-state index in [0.29, 0.717) is 6.07 Å². The average Bonchev–Trinajstić information content (AvgIpc) is 2.26. The van der Waals surface area contributed by atoms with Gasteiger partial charge in [-0.1, -0.05) is 11.6 Å². The van der Waals surface area contributed by atoms with Crippen LogP contribution in [0.2, 0.25) is 5.02 Å². The van der Waals surface area contributed by atoms with Crippen molar-refractivity contribution < 1.29 is 21.6 Å². The van der Waals surface area contributed by atoms with Crippen molar-refractivity contribution in [1.29, 1.82) is 0 Å². The van der Waals surface area contributed by atoms with Gasteiger partial charge in [0.2, 0.25) is 10.0 Å². The average molecular weight is 367 g/mol. The number of rotatable bonds is 4. The van der Waals surface area contributed by atoms with Gasteiger partial charge in [-0.25, -0.2) is 13.1 Å². The van der Waals surface area contributed by atoms with Gasteiger partial charge >= 0.3 is 6.18 Å². The van der Waals surface area contributed by atoms with Gasteiger partial charge in [0, 0.05) is 12.1 Å². The van der Waals surface area contributed by atoms with Crippen LogP contribution < -0.4 is 10.5 Å². The van der Waals surface area contributed by atoms with Gasteiger partial charge in [-0.05, 0) is 32.0 Å². The summed E-state index contributed by atoms with van der Waals surface area (Å²) < 4.78 is 64.4. The van der Waals surface area contributed by atoms with Gasteiger partial charge < -0.3 is 5.73 Å². The maximum atomic E-state index is 12.7. The third-order valence-electron chi connectivity index (χ3n) is 2.47. The van der Waals surface area contributed by atoms with E-state index in [2.05, 4.69) is 4.72 Å². The van der Waals surface area contributed by atoms with Gasteiger partial charge in [-0.3, -0.25) is 0 Å². The highest BCUT2D eigenvalue weighted by molar-refractivity contribution is 7.89. The van der Waals surface area contributed by atoms with Crippen LogP contribution in [0.15, 0.2) is 23.1 Å². The summed E-state index contributed by atoms with van der Waals surface area (Å²) in [6, 6.07) is 2.40. The highest BCUT2D eigenvalue weighted by atomic mass is 35.5. The molecule has 0 aliphatic heterocycles. The van der Waals surface area contributed by atoms with Crippen LogP contribution in [0.4, 0.5) is 13.2 Å². The molecule has 0 aliphatic carbocycles. The summed E-state index contributed by atoms with van der Waals surface area (Å²) in [6.07, 6.45) is -4.73. The summed E-state index contributed by atoms with van der Waals surface area (Å²) in [6.45, 7) is 3.03. The van der Waals surface area contributed by atoms with E-state index < -0.39 is 37.2 Å². The Hall–Kier alpha value is -0.540. The molecule has 0 aromatic heterocycles. The smallest absolute Gasteiger partial charge is 0.329 e. The van der Waals surface area contributed by atoms with Gasteiger partial charge in [0.1, 0.15) is 0 Å². The standard InChI is InChI=1S/C11H14ClF3N2O2S.ClH/c1-10(2,6-16)17-20(18,19)7-3-4-9(12)8(5-7)11(13,14)15;/h3-5,17H,6,16H2,1-2H3;1H. The number of alkyl halides is 3. The largest absolute Gasteiger partial charge is 0.417 e. The molecule has 122 valence electrons. The van der Waals surface area contributed by atoms with Gasteiger partial charge in [0.25, 0.3) is 0 Å². The van der Waals surface area contributed by atoms with Crippen LogP contribution in [0.3, 0.4) is 0 Å². The molecule has 0 fully saturated rings. The van der Waals surface area contributed by atoms with Crippen LogP contribution in [0.25, 0.3) is 0 Å². The quantitative estimate of drug-likeness (QED) is 0.860. The minimum atomic E-state index is -4.73. The van der Waals surface area contributed by atoms with E-state index in [1.165, 1.54) is 13.8 Å². The fourth-order valence-electron chi connectivity index (χ4n) is 1.35. The first kappa shape index (κ1) is 20.5. The second kappa shape index (κ2) is 6.70. The van der Waals surface area contributed by atoms with Gasteiger partial charge in [0.15, 0.2) is 0 Å². The third-order valence-corrected chi connectivity index (χ3v) is 4.50. The second-order valence-corrected chi connectivity index (χ2v) is 6.92. The summed E-state index contributed by atoms with van der Waals surface area (Å²) in [5.41, 5.74) is 3.21. The minimum Gasteiger partial charge on any atom is -0.329 e. The zero-order chi connectivity index (χ0) is 15.8. The fraction of sp³-hybridized carbons (Fsp3) is 0.455. The highest BCUT2D eigenvalue weighted by Gasteiger charge is 2.35. The van der Waals surface area contributed by atoms with Crippen molar-refractivity contribution in [2.75, 3.05) is 6.54 Å². The molecular weight excluding hydrogens is 352 g/mol. The zero-order valence-electron chi connectivity index (χ0n) is 11.2. The molecule has 3 N–H and O–H groups in total. The van der Waals surface area contributed by atoms with Crippen LogP contribution in [0, 0.1) is 0 Å². The van der Waals surface area contributed by atoms with Crippen LogP contribution in [-0.2, 0) is 16.2 Å². The van der Waals surface area contributed by atoms with Crippen molar-refractivity contribution in [3.8, 4) is 0 Å². The molecule has 0 atom stereocenters. The summed E-state index contributed by atoms with van der Waals surface area (Å²) in [4.78, 5) is -0.518. The lowest BCUT2D eigenvalue weighted by molar-refractivity contribution is -0.137. The second-order valence-electron chi connectivity index (χ2n) is 4.83. The van der Waals surface area contributed by atoms with Gasteiger partial charge in [-0.2, -0.15) is 13.2 Å². The van der Waals surface area contributed by atoms with Crippen LogP contribution >= 0.6 is 24.0 Å². The summed E-state index contributed by atoms with van der Waals surface area (Å²) >= 11 is 5.44. The van der Waals surface area contributed by atoms with Crippen molar-refractivity contribution >= 4 is 34.0 Å². The topological polar surface area (TPSA) is 72.2 Å². The van der Waals surface area contributed by atoms with Gasteiger partial charge in [-0.15, -0.1) is 12.4 Å². The molecular formula is C11H15Cl2F3N2O2S. The maximum absolute atomic E-state index is 12.7. The SMILES string of the molecule is CC(C)(CN)NS(=O)(=O)c1ccc(Cl)c(C(F)(F)F)c1.Cl. The molecule has 1 aromatic carbocycles. The zero-order valence-corrected chi connectivity index (χ0v) is 13.6. The predicted molar refractivity (Wildman–Crippen MR) is 77.2 cm³/mol. The number of sulfonamides is 1. The van der Waals surface area contributed by atoms with E-state index >= 15 is 0 Å².